The van der Waals surface area contributed by atoms with Crippen LogP contribution in [0.5, 0.6) is 0 Å². The first-order chi connectivity index (χ1) is 13.2. The lowest BCUT2D eigenvalue weighted by atomic mass is 10.0. The number of benzene rings is 1. The van der Waals surface area contributed by atoms with Crippen LogP contribution in [0.15, 0.2) is 40.6 Å². The van der Waals surface area contributed by atoms with Crippen molar-refractivity contribution in [3.8, 4) is 0 Å². The summed E-state index contributed by atoms with van der Waals surface area (Å²) in [5.74, 6) is -0.488. The molecule has 150 valence electrons. The van der Waals surface area contributed by atoms with Gasteiger partial charge in [0.25, 0.3) is 5.91 Å². The Morgan fingerprint density at radius 1 is 1.21 bits per heavy atom. The maximum absolute atomic E-state index is 13.0. The third-order valence-electron chi connectivity index (χ3n) is 4.83. The van der Waals surface area contributed by atoms with Crippen LogP contribution in [-0.4, -0.2) is 35.6 Å². The van der Waals surface area contributed by atoms with Crippen molar-refractivity contribution in [1.29, 1.82) is 0 Å². The summed E-state index contributed by atoms with van der Waals surface area (Å²) in [6, 6.07) is 7.07. The highest BCUT2D eigenvalue weighted by molar-refractivity contribution is 7.89. The summed E-state index contributed by atoms with van der Waals surface area (Å²) in [6.07, 6.45) is 2.69. The number of nitrogens with one attached hydrogen (secondary N) is 1. The zero-order chi connectivity index (χ0) is 20.5. The van der Waals surface area contributed by atoms with Gasteiger partial charge in [0.05, 0.1) is 15.4 Å². The SMILES string of the molecule is CC1CCCC(C)N1S(=O)(=O)c1ccc(NC(=O)c2csc([N+](=O)[O-])c2)cc1. The number of carbonyl (C=O) groups is 1. The third kappa shape index (κ3) is 4.08. The fourth-order valence-electron chi connectivity index (χ4n) is 3.45. The molecule has 0 saturated carbocycles. The Hall–Kier alpha value is -2.30. The Morgan fingerprint density at radius 3 is 2.36 bits per heavy atom. The number of rotatable bonds is 5. The van der Waals surface area contributed by atoms with Gasteiger partial charge in [-0.1, -0.05) is 17.8 Å². The normalized spacial score (nSPS) is 20.6. The van der Waals surface area contributed by atoms with E-state index in [2.05, 4.69) is 5.32 Å². The van der Waals surface area contributed by atoms with E-state index in [4.69, 9.17) is 0 Å². The molecule has 1 amide bonds. The zero-order valence-electron chi connectivity index (χ0n) is 15.5. The van der Waals surface area contributed by atoms with Gasteiger partial charge >= 0.3 is 5.00 Å². The molecule has 1 aromatic heterocycles. The lowest BCUT2D eigenvalue weighted by molar-refractivity contribution is -0.380. The smallest absolute Gasteiger partial charge is 0.322 e. The molecule has 1 fully saturated rings. The van der Waals surface area contributed by atoms with E-state index in [9.17, 15) is 23.3 Å². The van der Waals surface area contributed by atoms with Gasteiger partial charge in [-0.2, -0.15) is 4.31 Å². The van der Waals surface area contributed by atoms with Gasteiger partial charge in [0.1, 0.15) is 0 Å². The van der Waals surface area contributed by atoms with E-state index >= 15 is 0 Å². The van der Waals surface area contributed by atoms with Gasteiger partial charge in [-0.05, 0) is 51.0 Å². The van der Waals surface area contributed by atoms with Crippen molar-refractivity contribution in [2.75, 3.05) is 5.32 Å². The molecule has 2 heterocycles. The Balaban J connectivity index is 1.75. The minimum absolute atomic E-state index is 0.0532. The van der Waals surface area contributed by atoms with Gasteiger partial charge in [-0.3, -0.25) is 14.9 Å². The first-order valence-corrected chi connectivity index (χ1v) is 11.2. The average Bonchev–Trinajstić information content (AvgIpc) is 3.12. The minimum atomic E-state index is -3.62. The van der Waals surface area contributed by atoms with Gasteiger partial charge in [-0.15, -0.1) is 0 Å². The van der Waals surface area contributed by atoms with Gasteiger partial charge in [-0.25, -0.2) is 8.42 Å². The van der Waals surface area contributed by atoms with Crippen LogP contribution in [0.25, 0.3) is 0 Å². The Kier molecular flexibility index (Phi) is 5.82. The molecule has 1 aliphatic rings. The molecule has 10 heteroatoms. The van der Waals surface area contributed by atoms with Crippen LogP contribution in [0.4, 0.5) is 10.7 Å². The van der Waals surface area contributed by atoms with Crippen molar-refractivity contribution in [2.45, 2.75) is 50.1 Å². The van der Waals surface area contributed by atoms with Gasteiger partial charge in [0.2, 0.25) is 10.0 Å². The highest BCUT2D eigenvalue weighted by Gasteiger charge is 2.35. The van der Waals surface area contributed by atoms with Crippen LogP contribution >= 0.6 is 11.3 Å². The van der Waals surface area contributed by atoms with Crippen molar-refractivity contribution in [1.82, 2.24) is 4.31 Å². The number of hydrogen-bond acceptors (Lipinski definition) is 6. The van der Waals surface area contributed by atoms with E-state index in [1.807, 2.05) is 13.8 Å². The number of nitro groups is 1. The van der Waals surface area contributed by atoms with E-state index in [1.165, 1.54) is 35.7 Å². The summed E-state index contributed by atoms with van der Waals surface area (Å²) < 4.78 is 27.6. The molecule has 2 atom stereocenters. The molecule has 3 rings (SSSR count). The van der Waals surface area contributed by atoms with Crippen molar-refractivity contribution in [3.05, 3.63) is 51.4 Å². The van der Waals surface area contributed by atoms with E-state index < -0.39 is 20.9 Å². The van der Waals surface area contributed by atoms with Crippen LogP contribution in [0, 0.1) is 10.1 Å². The molecule has 2 unspecified atom stereocenters. The van der Waals surface area contributed by atoms with Gasteiger partial charge < -0.3 is 5.32 Å². The van der Waals surface area contributed by atoms with E-state index in [-0.39, 0.29) is 27.5 Å². The summed E-state index contributed by atoms with van der Waals surface area (Å²) in [5, 5.41) is 14.6. The fourth-order valence-corrected chi connectivity index (χ4v) is 6.03. The van der Waals surface area contributed by atoms with Crippen molar-refractivity contribution in [2.24, 2.45) is 0 Å². The molecular formula is C18H21N3O5S2. The van der Waals surface area contributed by atoms with Crippen molar-refractivity contribution < 1.29 is 18.1 Å². The first kappa shape index (κ1) is 20.4. The van der Waals surface area contributed by atoms with E-state index in [1.54, 1.807) is 4.31 Å². The number of anilines is 1. The second-order valence-corrected chi connectivity index (χ2v) is 9.61. The molecule has 28 heavy (non-hydrogen) atoms. The molecule has 1 aromatic carbocycles. The summed E-state index contributed by atoms with van der Waals surface area (Å²) in [6.45, 7) is 3.84. The molecule has 1 N–H and O–H groups in total. The van der Waals surface area contributed by atoms with Crippen LogP contribution in [0.3, 0.4) is 0 Å². The summed E-state index contributed by atoms with van der Waals surface area (Å²) >= 11 is 0.874. The van der Waals surface area contributed by atoms with Crippen LogP contribution in [-0.2, 0) is 10.0 Å². The summed E-state index contributed by atoms with van der Waals surface area (Å²) in [7, 11) is -3.62. The highest BCUT2D eigenvalue weighted by atomic mass is 32.2. The molecule has 8 nitrogen and oxygen atoms in total. The number of nitrogens with zero attached hydrogens (tertiary/aromatic N) is 2. The first-order valence-electron chi connectivity index (χ1n) is 8.88. The van der Waals surface area contributed by atoms with Gasteiger partial charge in [0, 0.05) is 29.2 Å². The molecule has 0 radical (unpaired) electrons. The van der Waals surface area contributed by atoms with E-state index in [0.29, 0.717) is 5.69 Å². The fraction of sp³-hybridized carbons (Fsp3) is 0.389. The molecule has 0 bridgehead atoms. The molecule has 0 aliphatic carbocycles. The van der Waals surface area contributed by atoms with Crippen LogP contribution in [0.2, 0.25) is 0 Å². The Labute approximate surface area is 167 Å². The van der Waals surface area contributed by atoms with Gasteiger partial charge in [0.15, 0.2) is 0 Å². The monoisotopic (exact) mass is 423 g/mol. The minimum Gasteiger partial charge on any atom is -0.322 e. The number of amides is 1. The largest absolute Gasteiger partial charge is 0.324 e. The number of hydrogen-bond donors (Lipinski definition) is 1. The Morgan fingerprint density at radius 2 is 1.82 bits per heavy atom. The van der Waals surface area contributed by atoms with Crippen molar-refractivity contribution in [3.63, 3.8) is 0 Å². The number of carbonyl (C=O) groups excluding carboxylic acids is 1. The van der Waals surface area contributed by atoms with Crippen LogP contribution in [0.1, 0.15) is 43.5 Å². The standard InChI is InChI=1S/C18H21N3O5S2/c1-12-4-3-5-13(2)20(12)28(25,26)16-8-6-15(7-9-16)19-18(22)14-10-17(21(23)24)27-11-14/h6-13H,3-5H2,1-2H3,(H,19,22). The van der Waals surface area contributed by atoms with E-state index in [0.717, 1.165) is 30.6 Å². The molecular weight excluding hydrogens is 402 g/mol. The molecule has 1 aliphatic heterocycles. The lowest BCUT2D eigenvalue weighted by Crippen LogP contribution is -2.47. The lowest BCUT2D eigenvalue weighted by Gasteiger charge is -2.37. The second-order valence-electron chi connectivity index (χ2n) is 6.87. The van der Waals surface area contributed by atoms with Crippen LogP contribution < -0.4 is 5.32 Å². The second kappa shape index (κ2) is 7.98. The third-order valence-corrected chi connectivity index (χ3v) is 7.85. The maximum Gasteiger partial charge on any atom is 0.324 e. The maximum atomic E-state index is 13.0. The summed E-state index contributed by atoms with van der Waals surface area (Å²) in [4.78, 5) is 22.6. The topological polar surface area (TPSA) is 110 Å². The Bertz CT molecular complexity index is 975. The average molecular weight is 424 g/mol. The predicted molar refractivity (Wildman–Crippen MR) is 107 cm³/mol. The number of thiophene rings is 1. The predicted octanol–water partition coefficient (Wildman–Crippen LogP) is 3.86. The molecule has 1 saturated heterocycles. The highest BCUT2D eigenvalue weighted by Crippen LogP contribution is 2.30. The van der Waals surface area contributed by atoms with Crippen molar-refractivity contribution >= 4 is 38.0 Å². The summed E-state index contributed by atoms with van der Waals surface area (Å²) in [5.41, 5.74) is 0.599. The molecule has 2 aromatic rings. The number of piperidine rings is 1. The molecule has 0 spiro atoms. The zero-order valence-corrected chi connectivity index (χ0v) is 17.1. The quantitative estimate of drug-likeness (QED) is 0.580. The number of sulfonamides is 1.